The summed E-state index contributed by atoms with van der Waals surface area (Å²) in [6.45, 7) is -0.295. The van der Waals surface area contributed by atoms with Crippen LogP contribution in [0.2, 0.25) is 0 Å². The van der Waals surface area contributed by atoms with Gasteiger partial charge in [-0.3, -0.25) is 19.2 Å². The largest absolute Gasteiger partial charge is 0.497 e. The SMILES string of the molecule is COc1cccc(NC(=O)c2cccc(N3C[C@@H](C(=O)OCC(=O)c4ccc(Br)cc4)CC3=O)c2)c1. The van der Waals surface area contributed by atoms with E-state index in [1.165, 1.54) is 4.90 Å². The van der Waals surface area contributed by atoms with Gasteiger partial charge in [0.2, 0.25) is 5.91 Å². The molecule has 2 amide bonds. The first-order chi connectivity index (χ1) is 17.3. The highest BCUT2D eigenvalue weighted by Gasteiger charge is 2.36. The van der Waals surface area contributed by atoms with Crippen LogP contribution in [0.4, 0.5) is 11.4 Å². The average Bonchev–Trinajstić information content (AvgIpc) is 3.29. The number of carbonyl (C=O) groups is 4. The molecule has 1 N–H and O–H groups in total. The zero-order valence-corrected chi connectivity index (χ0v) is 21.0. The molecular formula is C27H23BrN2O6. The van der Waals surface area contributed by atoms with Crippen LogP contribution in [0.3, 0.4) is 0 Å². The van der Waals surface area contributed by atoms with E-state index >= 15 is 0 Å². The minimum atomic E-state index is -0.704. The summed E-state index contributed by atoms with van der Waals surface area (Å²) in [5.74, 6) is -1.64. The maximum atomic E-state index is 12.8. The Hall–Kier alpha value is -3.98. The molecule has 1 saturated heterocycles. The zero-order valence-electron chi connectivity index (χ0n) is 19.4. The van der Waals surface area contributed by atoms with Crippen LogP contribution in [-0.2, 0) is 14.3 Å². The summed E-state index contributed by atoms with van der Waals surface area (Å²) < 4.78 is 11.2. The standard InChI is InChI=1S/C27H23BrN2O6/c1-35-23-7-3-5-21(14-23)29-26(33)18-4-2-6-22(12-18)30-15-19(13-25(30)32)27(34)36-16-24(31)17-8-10-20(28)11-9-17/h2-12,14,19H,13,15-16H2,1H3,(H,29,33)/t19-/m0/s1. The van der Waals surface area contributed by atoms with Crippen molar-refractivity contribution < 1.29 is 28.7 Å². The van der Waals surface area contributed by atoms with Crippen molar-refractivity contribution in [3.63, 3.8) is 0 Å². The first-order valence-electron chi connectivity index (χ1n) is 11.2. The summed E-state index contributed by atoms with van der Waals surface area (Å²) in [6, 6.07) is 20.3. The number of Topliss-reactive ketones (excluding diaryl/α,β-unsaturated/α-hetero) is 1. The van der Waals surface area contributed by atoms with Gasteiger partial charge >= 0.3 is 5.97 Å². The van der Waals surface area contributed by atoms with Gasteiger partial charge in [0, 0.05) is 46.0 Å². The molecule has 0 radical (unpaired) electrons. The molecule has 0 aliphatic carbocycles. The molecule has 36 heavy (non-hydrogen) atoms. The molecule has 0 spiro atoms. The van der Waals surface area contributed by atoms with Crippen LogP contribution in [-0.4, -0.2) is 43.8 Å². The molecule has 0 bridgehead atoms. The van der Waals surface area contributed by atoms with Gasteiger partial charge in [0.25, 0.3) is 5.91 Å². The van der Waals surface area contributed by atoms with Gasteiger partial charge in [-0.25, -0.2) is 0 Å². The summed E-state index contributed by atoms with van der Waals surface area (Å²) in [7, 11) is 1.54. The van der Waals surface area contributed by atoms with E-state index in [2.05, 4.69) is 21.2 Å². The Morgan fingerprint density at radius 2 is 1.75 bits per heavy atom. The molecule has 4 rings (SSSR count). The summed E-state index contributed by atoms with van der Waals surface area (Å²) in [6.07, 6.45) is -0.0362. The fourth-order valence-corrected chi connectivity index (χ4v) is 4.07. The lowest BCUT2D eigenvalue weighted by atomic mass is 10.1. The number of halogens is 1. The monoisotopic (exact) mass is 550 g/mol. The number of amides is 2. The van der Waals surface area contributed by atoms with Crippen LogP contribution in [0, 0.1) is 5.92 Å². The predicted molar refractivity (Wildman–Crippen MR) is 137 cm³/mol. The molecule has 9 heteroatoms. The van der Waals surface area contributed by atoms with Crippen LogP contribution < -0.4 is 15.0 Å². The molecule has 1 aliphatic heterocycles. The summed E-state index contributed by atoms with van der Waals surface area (Å²) in [5.41, 5.74) is 1.86. The van der Waals surface area contributed by atoms with Crippen LogP contribution in [0.1, 0.15) is 27.1 Å². The maximum Gasteiger partial charge on any atom is 0.311 e. The fraction of sp³-hybridized carbons (Fsp3) is 0.185. The van der Waals surface area contributed by atoms with Gasteiger partial charge in [-0.2, -0.15) is 0 Å². The van der Waals surface area contributed by atoms with E-state index in [4.69, 9.17) is 9.47 Å². The Balaban J connectivity index is 1.37. The average molecular weight is 551 g/mol. The molecule has 3 aromatic rings. The van der Waals surface area contributed by atoms with Crippen LogP contribution in [0.5, 0.6) is 5.75 Å². The third kappa shape index (κ3) is 5.98. The van der Waals surface area contributed by atoms with E-state index < -0.39 is 18.5 Å². The molecule has 184 valence electrons. The number of ketones is 1. The molecule has 3 aromatic carbocycles. The molecule has 0 saturated carbocycles. The molecular weight excluding hydrogens is 528 g/mol. The maximum absolute atomic E-state index is 12.8. The van der Waals surface area contributed by atoms with Crippen molar-refractivity contribution in [2.24, 2.45) is 5.92 Å². The molecule has 1 heterocycles. The van der Waals surface area contributed by atoms with Crippen LogP contribution in [0.15, 0.2) is 77.3 Å². The van der Waals surface area contributed by atoms with Gasteiger partial charge in [-0.1, -0.05) is 40.2 Å². The van der Waals surface area contributed by atoms with Crippen molar-refractivity contribution in [3.05, 3.63) is 88.4 Å². The number of nitrogens with one attached hydrogen (secondary N) is 1. The van der Waals surface area contributed by atoms with E-state index in [9.17, 15) is 19.2 Å². The van der Waals surface area contributed by atoms with E-state index in [1.807, 2.05) is 0 Å². The van der Waals surface area contributed by atoms with E-state index in [1.54, 1.807) is 79.9 Å². The van der Waals surface area contributed by atoms with E-state index in [0.717, 1.165) is 4.47 Å². The second kappa shape index (κ2) is 11.2. The van der Waals surface area contributed by atoms with Crippen molar-refractivity contribution in [3.8, 4) is 5.75 Å². The fourth-order valence-electron chi connectivity index (χ4n) is 3.81. The van der Waals surface area contributed by atoms with Crippen molar-refractivity contribution in [1.82, 2.24) is 0 Å². The van der Waals surface area contributed by atoms with Gasteiger partial charge in [-0.15, -0.1) is 0 Å². The normalized spacial score (nSPS) is 14.9. The highest BCUT2D eigenvalue weighted by molar-refractivity contribution is 9.10. The minimum absolute atomic E-state index is 0.0362. The Morgan fingerprint density at radius 1 is 1.00 bits per heavy atom. The van der Waals surface area contributed by atoms with E-state index in [0.29, 0.717) is 28.3 Å². The Labute approximate surface area is 216 Å². The molecule has 8 nitrogen and oxygen atoms in total. The lowest BCUT2D eigenvalue weighted by Crippen LogP contribution is -2.27. The number of esters is 1. The van der Waals surface area contributed by atoms with Crippen molar-refractivity contribution >= 4 is 50.9 Å². The highest BCUT2D eigenvalue weighted by atomic mass is 79.9. The molecule has 1 aliphatic rings. The molecule has 1 atom stereocenters. The van der Waals surface area contributed by atoms with Gasteiger partial charge in [-0.05, 0) is 42.5 Å². The first-order valence-corrected chi connectivity index (χ1v) is 11.9. The number of anilines is 2. The third-order valence-electron chi connectivity index (χ3n) is 5.72. The Morgan fingerprint density at radius 3 is 2.50 bits per heavy atom. The summed E-state index contributed by atoms with van der Waals surface area (Å²) in [4.78, 5) is 51.7. The first kappa shape index (κ1) is 25.1. The summed E-state index contributed by atoms with van der Waals surface area (Å²) >= 11 is 3.30. The van der Waals surface area contributed by atoms with Crippen molar-refractivity contribution in [2.45, 2.75) is 6.42 Å². The number of rotatable bonds is 8. The number of carbonyl (C=O) groups excluding carboxylic acids is 4. The number of benzene rings is 3. The van der Waals surface area contributed by atoms with Gasteiger partial charge < -0.3 is 19.7 Å². The Kier molecular flexibility index (Phi) is 7.80. The minimum Gasteiger partial charge on any atom is -0.497 e. The van der Waals surface area contributed by atoms with Gasteiger partial charge in [0.05, 0.1) is 13.0 Å². The third-order valence-corrected chi connectivity index (χ3v) is 6.25. The van der Waals surface area contributed by atoms with Crippen molar-refractivity contribution in [2.75, 3.05) is 30.5 Å². The number of hydrogen-bond acceptors (Lipinski definition) is 6. The number of methoxy groups -OCH3 is 1. The van der Waals surface area contributed by atoms with Crippen molar-refractivity contribution in [1.29, 1.82) is 0 Å². The lowest BCUT2D eigenvalue weighted by molar-refractivity contribution is -0.147. The number of ether oxygens (including phenoxy) is 2. The quantitative estimate of drug-likeness (QED) is 0.327. The van der Waals surface area contributed by atoms with Crippen LogP contribution in [0.25, 0.3) is 0 Å². The predicted octanol–water partition coefficient (Wildman–Crippen LogP) is 4.49. The zero-order chi connectivity index (χ0) is 25.7. The smallest absolute Gasteiger partial charge is 0.311 e. The van der Waals surface area contributed by atoms with Crippen LogP contribution >= 0.6 is 15.9 Å². The second-order valence-corrected chi connectivity index (χ2v) is 9.10. The number of hydrogen-bond donors (Lipinski definition) is 1. The number of nitrogens with zero attached hydrogens (tertiary/aromatic N) is 1. The lowest BCUT2D eigenvalue weighted by Gasteiger charge is -2.17. The van der Waals surface area contributed by atoms with Gasteiger partial charge in [0.1, 0.15) is 5.75 Å². The topological polar surface area (TPSA) is 102 Å². The molecule has 1 fully saturated rings. The second-order valence-electron chi connectivity index (χ2n) is 8.18. The summed E-state index contributed by atoms with van der Waals surface area (Å²) in [5, 5.41) is 2.80. The van der Waals surface area contributed by atoms with E-state index in [-0.39, 0.29) is 30.6 Å². The molecule has 0 aromatic heterocycles. The van der Waals surface area contributed by atoms with Gasteiger partial charge in [0.15, 0.2) is 12.4 Å². The highest BCUT2D eigenvalue weighted by Crippen LogP contribution is 2.27. The molecule has 0 unspecified atom stereocenters. The Bertz CT molecular complexity index is 1310.